The number of thioether (sulfide) groups is 1. The van der Waals surface area contributed by atoms with E-state index in [0.717, 1.165) is 6.42 Å². The van der Waals surface area contributed by atoms with Gasteiger partial charge in [0, 0.05) is 11.7 Å². The van der Waals surface area contributed by atoms with Gasteiger partial charge in [-0.2, -0.15) is 0 Å². The molecule has 0 saturated carbocycles. The normalized spacial score (nSPS) is 11.1. The van der Waals surface area contributed by atoms with E-state index in [0.29, 0.717) is 5.03 Å². The van der Waals surface area contributed by atoms with Crippen LogP contribution in [0.1, 0.15) is 37.6 Å². The molecule has 0 radical (unpaired) electrons. The highest BCUT2D eigenvalue weighted by Crippen LogP contribution is 2.16. The van der Waals surface area contributed by atoms with Gasteiger partial charge < -0.3 is 10.4 Å². The summed E-state index contributed by atoms with van der Waals surface area (Å²) in [6.45, 7) is 5.95. The van der Waals surface area contributed by atoms with Gasteiger partial charge >= 0.3 is 5.97 Å². The Bertz CT molecular complexity index is 457. The van der Waals surface area contributed by atoms with Gasteiger partial charge in [-0.15, -0.1) is 0 Å². The molecular formula is C13H18N2O3S. The van der Waals surface area contributed by atoms with E-state index >= 15 is 0 Å². The van der Waals surface area contributed by atoms with Crippen LogP contribution in [0.2, 0.25) is 0 Å². The van der Waals surface area contributed by atoms with Gasteiger partial charge in [-0.1, -0.05) is 18.7 Å². The number of aromatic carboxylic acids is 1. The summed E-state index contributed by atoms with van der Waals surface area (Å²) >= 11 is 1.28. The van der Waals surface area contributed by atoms with Crippen LogP contribution in [0.15, 0.2) is 23.4 Å². The molecule has 0 fully saturated rings. The van der Waals surface area contributed by atoms with E-state index in [-0.39, 0.29) is 22.8 Å². The molecule has 2 N–H and O–H groups in total. The highest BCUT2D eigenvalue weighted by atomic mass is 32.2. The van der Waals surface area contributed by atoms with E-state index in [1.165, 1.54) is 24.0 Å². The zero-order valence-corrected chi connectivity index (χ0v) is 12.1. The third-order valence-corrected chi connectivity index (χ3v) is 3.64. The molecule has 6 heteroatoms. The fourth-order valence-corrected chi connectivity index (χ4v) is 1.88. The van der Waals surface area contributed by atoms with Gasteiger partial charge in [0.25, 0.3) is 0 Å². The molecule has 19 heavy (non-hydrogen) atoms. The van der Waals surface area contributed by atoms with Crippen LogP contribution in [-0.4, -0.2) is 33.3 Å². The number of aromatic nitrogens is 1. The number of pyridine rings is 1. The van der Waals surface area contributed by atoms with Crippen molar-refractivity contribution in [2.45, 2.75) is 37.8 Å². The number of carboxylic acids is 1. The maximum atomic E-state index is 11.7. The van der Waals surface area contributed by atoms with Crippen molar-refractivity contribution in [3.8, 4) is 0 Å². The van der Waals surface area contributed by atoms with Crippen LogP contribution < -0.4 is 5.32 Å². The molecule has 0 aliphatic rings. The smallest absolute Gasteiger partial charge is 0.337 e. The summed E-state index contributed by atoms with van der Waals surface area (Å²) in [6.07, 6.45) is 2.15. The molecule has 1 aromatic rings. The second-order valence-corrected chi connectivity index (χ2v) is 5.76. The number of carbonyl (C=O) groups is 2. The Kier molecular flexibility index (Phi) is 5.35. The number of hydrogen-bond acceptors (Lipinski definition) is 4. The molecule has 0 unspecified atom stereocenters. The second-order valence-electron chi connectivity index (χ2n) is 4.76. The van der Waals surface area contributed by atoms with E-state index in [4.69, 9.17) is 5.11 Å². The molecule has 1 amide bonds. The van der Waals surface area contributed by atoms with E-state index < -0.39 is 5.97 Å². The fourth-order valence-electron chi connectivity index (χ4n) is 1.23. The van der Waals surface area contributed by atoms with Crippen LogP contribution in [0, 0.1) is 0 Å². The Hall–Kier alpha value is -1.56. The molecule has 1 rings (SSSR count). The fraction of sp³-hybridized carbons (Fsp3) is 0.462. The number of rotatable bonds is 6. The van der Waals surface area contributed by atoms with Crippen LogP contribution in [0.4, 0.5) is 0 Å². The molecule has 0 saturated heterocycles. The lowest BCUT2D eigenvalue weighted by atomic mass is 10.0. The quantitative estimate of drug-likeness (QED) is 0.782. The van der Waals surface area contributed by atoms with Crippen LogP contribution >= 0.6 is 11.8 Å². The summed E-state index contributed by atoms with van der Waals surface area (Å²) in [5.74, 6) is -0.796. The highest BCUT2D eigenvalue weighted by Gasteiger charge is 2.17. The van der Waals surface area contributed by atoms with Crippen molar-refractivity contribution in [1.29, 1.82) is 0 Å². The predicted molar refractivity (Wildman–Crippen MR) is 74.4 cm³/mol. The van der Waals surface area contributed by atoms with Gasteiger partial charge in [-0.25, -0.2) is 9.78 Å². The summed E-state index contributed by atoms with van der Waals surface area (Å²) < 4.78 is 0. The first-order valence-corrected chi connectivity index (χ1v) is 6.96. The lowest BCUT2D eigenvalue weighted by Crippen LogP contribution is -2.43. The third kappa shape index (κ3) is 5.30. The lowest BCUT2D eigenvalue weighted by molar-refractivity contribution is -0.120. The van der Waals surface area contributed by atoms with Crippen molar-refractivity contribution in [2.24, 2.45) is 0 Å². The summed E-state index contributed by atoms with van der Waals surface area (Å²) in [6, 6.07) is 3.08. The molecule has 0 aromatic carbocycles. The maximum Gasteiger partial charge on any atom is 0.337 e. The Morgan fingerprint density at radius 3 is 2.58 bits per heavy atom. The molecule has 0 bridgehead atoms. The molecule has 0 aliphatic carbocycles. The summed E-state index contributed by atoms with van der Waals surface area (Å²) in [7, 11) is 0. The monoisotopic (exact) mass is 282 g/mol. The van der Waals surface area contributed by atoms with Gasteiger partial charge in [0.05, 0.1) is 16.3 Å². The van der Waals surface area contributed by atoms with Crippen LogP contribution in [-0.2, 0) is 4.79 Å². The second kappa shape index (κ2) is 6.56. The molecule has 1 heterocycles. The standard InChI is InChI=1S/C13H18N2O3S/c1-4-13(2,3)15-10(16)8-19-11-6-5-9(7-14-11)12(17)18/h5-7H,4,8H2,1-3H3,(H,15,16)(H,17,18). The number of carbonyl (C=O) groups excluding carboxylic acids is 1. The van der Waals surface area contributed by atoms with Crippen molar-refractivity contribution in [2.75, 3.05) is 5.75 Å². The summed E-state index contributed by atoms with van der Waals surface area (Å²) in [4.78, 5) is 26.4. The molecule has 1 aromatic heterocycles. The zero-order valence-electron chi connectivity index (χ0n) is 11.3. The first kappa shape index (κ1) is 15.5. The van der Waals surface area contributed by atoms with E-state index in [9.17, 15) is 9.59 Å². The largest absolute Gasteiger partial charge is 0.478 e. The summed E-state index contributed by atoms with van der Waals surface area (Å²) in [5, 5.41) is 12.3. The van der Waals surface area contributed by atoms with Crippen LogP contribution in [0.5, 0.6) is 0 Å². The first-order valence-electron chi connectivity index (χ1n) is 5.97. The van der Waals surface area contributed by atoms with Crippen molar-refractivity contribution in [3.05, 3.63) is 23.9 Å². The van der Waals surface area contributed by atoms with E-state index in [1.54, 1.807) is 6.07 Å². The molecule has 5 nitrogen and oxygen atoms in total. The number of nitrogens with zero attached hydrogens (tertiary/aromatic N) is 1. The lowest BCUT2D eigenvalue weighted by Gasteiger charge is -2.24. The Morgan fingerprint density at radius 1 is 1.42 bits per heavy atom. The number of carboxylic acid groups (broad SMARTS) is 1. The van der Waals surface area contributed by atoms with Crippen molar-refractivity contribution in [1.82, 2.24) is 10.3 Å². The van der Waals surface area contributed by atoms with Crippen molar-refractivity contribution in [3.63, 3.8) is 0 Å². The minimum atomic E-state index is -1.01. The predicted octanol–water partition coefficient (Wildman–Crippen LogP) is 2.18. The average Bonchev–Trinajstić information content (AvgIpc) is 2.36. The highest BCUT2D eigenvalue weighted by molar-refractivity contribution is 7.99. The van der Waals surface area contributed by atoms with E-state index in [2.05, 4.69) is 10.3 Å². The van der Waals surface area contributed by atoms with Crippen LogP contribution in [0.3, 0.4) is 0 Å². The van der Waals surface area contributed by atoms with Gasteiger partial charge in [-0.05, 0) is 32.4 Å². The number of amides is 1. The van der Waals surface area contributed by atoms with Gasteiger partial charge in [0.2, 0.25) is 5.91 Å². The van der Waals surface area contributed by atoms with Crippen molar-refractivity contribution < 1.29 is 14.7 Å². The van der Waals surface area contributed by atoms with E-state index in [1.807, 2.05) is 20.8 Å². The van der Waals surface area contributed by atoms with Crippen molar-refractivity contribution >= 4 is 23.6 Å². The Labute approximate surface area is 116 Å². The van der Waals surface area contributed by atoms with Crippen LogP contribution in [0.25, 0.3) is 0 Å². The first-order chi connectivity index (χ1) is 8.84. The van der Waals surface area contributed by atoms with Gasteiger partial charge in [0.15, 0.2) is 0 Å². The topological polar surface area (TPSA) is 79.3 Å². The SMILES string of the molecule is CCC(C)(C)NC(=O)CSc1ccc(C(=O)O)cn1. The number of nitrogens with one attached hydrogen (secondary N) is 1. The minimum Gasteiger partial charge on any atom is -0.478 e. The summed E-state index contributed by atoms with van der Waals surface area (Å²) in [5.41, 5.74) is -0.0703. The molecule has 0 spiro atoms. The van der Waals surface area contributed by atoms with Gasteiger partial charge in [-0.3, -0.25) is 4.79 Å². The molecule has 0 aliphatic heterocycles. The Balaban J connectivity index is 2.48. The third-order valence-electron chi connectivity index (χ3n) is 2.70. The number of hydrogen-bond donors (Lipinski definition) is 2. The zero-order chi connectivity index (χ0) is 14.5. The van der Waals surface area contributed by atoms with Gasteiger partial charge in [0.1, 0.15) is 0 Å². The Morgan fingerprint density at radius 2 is 2.11 bits per heavy atom. The molecule has 104 valence electrons. The average molecular weight is 282 g/mol. The minimum absolute atomic E-state index is 0.0547. The maximum absolute atomic E-state index is 11.7. The molecule has 0 atom stereocenters. The molecular weight excluding hydrogens is 264 g/mol.